The number of aryl methyl sites for hydroxylation is 3. The Bertz CT molecular complexity index is 1070. The molecular formula is C22H27Cl2N5O. The number of aromatic nitrogens is 4. The first-order valence-electron chi connectivity index (χ1n) is 9.94. The average Bonchev–Trinajstić information content (AvgIpc) is 3.12. The molecule has 1 aromatic carbocycles. The number of amides is 1. The van der Waals surface area contributed by atoms with Gasteiger partial charge in [0.1, 0.15) is 0 Å². The number of nitrogens with one attached hydrogen (secondary N) is 1. The summed E-state index contributed by atoms with van der Waals surface area (Å²) in [6.45, 7) is 11.3. The van der Waals surface area contributed by atoms with Crippen LogP contribution in [0, 0.1) is 33.6 Å². The van der Waals surface area contributed by atoms with E-state index in [1.165, 1.54) is 0 Å². The molecule has 3 rings (SSSR count). The van der Waals surface area contributed by atoms with Crippen LogP contribution in [0.2, 0.25) is 10.0 Å². The van der Waals surface area contributed by atoms with E-state index in [1.807, 2.05) is 38.4 Å². The third-order valence-corrected chi connectivity index (χ3v) is 5.69. The highest BCUT2D eigenvalue weighted by molar-refractivity contribution is 6.35. The topological polar surface area (TPSA) is 64.7 Å². The second kappa shape index (κ2) is 9.23. The van der Waals surface area contributed by atoms with Gasteiger partial charge < -0.3 is 5.32 Å². The van der Waals surface area contributed by atoms with Crippen LogP contribution in [0.4, 0.5) is 0 Å². The van der Waals surface area contributed by atoms with Gasteiger partial charge in [0.25, 0.3) is 0 Å². The van der Waals surface area contributed by atoms with Gasteiger partial charge >= 0.3 is 0 Å². The second-order valence-electron chi connectivity index (χ2n) is 7.85. The third kappa shape index (κ3) is 5.05. The maximum absolute atomic E-state index is 12.6. The van der Waals surface area contributed by atoms with E-state index in [2.05, 4.69) is 28.5 Å². The molecule has 0 aliphatic rings. The van der Waals surface area contributed by atoms with Crippen molar-refractivity contribution in [2.24, 2.45) is 5.92 Å². The van der Waals surface area contributed by atoms with Crippen molar-refractivity contribution in [3.8, 4) is 5.69 Å². The van der Waals surface area contributed by atoms with Gasteiger partial charge in [-0.05, 0) is 57.9 Å². The monoisotopic (exact) mass is 447 g/mol. The lowest BCUT2D eigenvalue weighted by molar-refractivity contribution is -0.120. The molecule has 2 heterocycles. The lowest BCUT2D eigenvalue weighted by Crippen LogP contribution is -2.31. The van der Waals surface area contributed by atoms with Crippen LogP contribution in [-0.4, -0.2) is 32.0 Å². The lowest BCUT2D eigenvalue weighted by atomic mass is 10.1. The van der Waals surface area contributed by atoms with E-state index >= 15 is 0 Å². The van der Waals surface area contributed by atoms with Gasteiger partial charge in [0, 0.05) is 35.1 Å². The minimum absolute atomic E-state index is 0.0248. The van der Waals surface area contributed by atoms with E-state index in [0.717, 1.165) is 40.6 Å². The maximum atomic E-state index is 12.6. The minimum atomic E-state index is -0.0248. The van der Waals surface area contributed by atoms with E-state index in [-0.39, 0.29) is 18.2 Å². The molecule has 2 aromatic heterocycles. The van der Waals surface area contributed by atoms with Gasteiger partial charge in [-0.15, -0.1) is 0 Å². The molecule has 0 spiro atoms. The van der Waals surface area contributed by atoms with Gasteiger partial charge in [-0.2, -0.15) is 10.2 Å². The summed E-state index contributed by atoms with van der Waals surface area (Å²) < 4.78 is 3.75. The number of nitrogens with zero attached hydrogens (tertiary/aromatic N) is 4. The molecule has 6 nitrogen and oxygen atoms in total. The molecule has 0 aliphatic heterocycles. The van der Waals surface area contributed by atoms with Crippen LogP contribution >= 0.6 is 23.2 Å². The first-order valence-corrected chi connectivity index (χ1v) is 10.7. The SMILES string of the molecule is Cc1cc(C)n(CC(C)CNC(=O)Cc2c(C)nn(-c3ccc(Cl)cc3Cl)c2C)n1. The highest BCUT2D eigenvalue weighted by Gasteiger charge is 2.18. The van der Waals surface area contributed by atoms with Crippen LogP contribution in [0.3, 0.4) is 0 Å². The fourth-order valence-corrected chi connectivity index (χ4v) is 4.04. The van der Waals surface area contributed by atoms with E-state index in [9.17, 15) is 4.79 Å². The standard InChI is InChI=1S/C22H27Cl2N5O/c1-13(12-28-15(3)8-14(2)26-28)11-25-22(30)10-19-16(4)27-29(17(19)5)21-7-6-18(23)9-20(21)24/h6-9,13H,10-12H2,1-5H3,(H,25,30). The van der Waals surface area contributed by atoms with Crippen molar-refractivity contribution < 1.29 is 4.79 Å². The molecule has 160 valence electrons. The molecule has 0 saturated heterocycles. The molecule has 0 saturated carbocycles. The maximum Gasteiger partial charge on any atom is 0.224 e. The molecule has 1 unspecified atom stereocenters. The van der Waals surface area contributed by atoms with Gasteiger partial charge in [-0.25, -0.2) is 4.68 Å². The minimum Gasteiger partial charge on any atom is -0.355 e. The van der Waals surface area contributed by atoms with Gasteiger partial charge in [0.15, 0.2) is 0 Å². The van der Waals surface area contributed by atoms with E-state index in [0.29, 0.717) is 16.6 Å². The fourth-order valence-electron chi connectivity index (χ4n) is 3.55. The van der Waals surface area contributed by atoms with Crippen LogP contribution in [0.15, 0.2) is 24.3 Å². The second-order valence-corrected chi connectivity index (χ2v) is 8.70. The Morgan fingerprint density at radius 2 is 1.87 bits per heavy atom. The van der Waals surface area contributed by atoms with Crippen molar-refractivity contribution >= 4 is 29.1 Å². The molecule has 1 amide bonds. The predicted molar refractivity (Wildman–Crippen MR) is 121 cm³/mol. The zero-order valence-corrected chi connectivity index (χ0v) is 19.5. The Morgan fingerprint density at radius 3 is 2.50 bits per heavy atom. The summed E-state index contributed by atoms with van der Waals surface area (Å²) in [4.78, 5) is 12.6. The Kier molecular flexibility index (Phi) is 6.88. The summed E-state index contributed by atoms with van der Waals surface area (Å²) in [6.07, 6.45) is 0.273. The summed E-state index contributed by atoms with van der Waals surface area (Å²) >= 11 is 12.3. The van der Waals surface area contributed by atoms with Crippen molar-refractivity contribution in [1.82, 2.24) is 24.9 Å². The summed E-state index contributed by atoms with van der Waals surface area (Å²) in [6, 6.07) is 7.34. The molecule has 0 fully saturated rings. The van der Waals surface area contributed by atoms with Crippen LogP contribution in [0.1, 0.15) is 35.3 Å². The van der Waals surface area contributed by atoms with Gasteiger partial charge in [0.2, 0.25) is 5.91 Å². The largest absolute Gasteiger partial charge is 0.355 e. The fraction of sp³-hybridized carbons (Fsp3) is 0.409. The Morgan fingerprint density at radius 1 is 1.13 bits per heavy atom. The van der Waals surface area contributed by atoms with Crippen LogP contribution in [0.25, 0.3) is 5.69 Å². The molecule has 0 radical (unpaired) electrons. The van der Waals surface area contributed by atoms with Crippen molar-refractivity contribution in [3.63, 3.8) is 0 Å². The van der Waals surface area contributed by atoms with E-state index in [1.54, 1.807) is 16.8 Å². The normalized spacial score (nSPS) is 12.2. The first kappa shape index (κ1) is 22.4. The number of benzene rings is 1. The average molecular weight is 448 g/mol. The summed E-state index contributed by atoms with van der Waals surface area (Å²) in [5.74, 6) is 0.243. The number of halogens is 2. The van der Waals surface area contributed by atoms with Crippen molar-refractivity contribution in [2.45, 2.75) is 47.6 Å². The number of hydrogen-bond donors (Lipinski definition) is 1. The highest BCUT2D eigenvalue weighted by atomic mass is 35.5. The zero-order valence-electron chi connectivity index (χ0n) is 18.0. The Hall–Kier alpha value is -2.31. The molecule has 8 heteroatoms. The van der Waals surface area contributed by atoms with Crippen LogP contribution < -0.4 is 5.32 Å². The van der Waals surface area contributed by atoms with Crippen molar-refractivity contribution in [3.05, 3.63) is 62.6 Å². The molecule has 3 aromatic rings. The number of carbonyl (C=O) groups excluding carboxylic acids is 1. The summed E-state index contributed by atoms with van der Waals surface area (Å²) in [5, 5.41) is 13.2. The summed E-state index contributed by atoms with van der Waals surface area (Å²) in [7, 11) is 0. The zero-order chi connectivity index (χ0) is 22.0. The van der Waals surface area contributed by atoms with Crippen molar-refractivity contribution in [1.29, 1.82) is 0 Å². The molecule has 30 heavy (non-hydrogen) atoms. The van der Waals surface area contributed by atoms with E-state index < -0.39 is 0 Å². The number of hydrogen-bond acceptors (Lipinski definition) is 3. The Balaban J connectivity index is 1.64. The lowest BCUT2D eigenvalue weighted by Gasteiger charge is -2.14. The van der Waals surface area contributed by atoms with Crippen molar-refractivity contribution in [2.75, 3.05) is 6.54 Å². The molecule has 1 N–H and O–H groups in total. The predicted octanol–water partition coefficient (Wildman–Crippen LogP) is 4.60. The van der Waals surface area contributed by atoms with Gasteiger partial charge in [0.05, 0.1) is 28.5 Å². The smallest absolute Gasteiger partial charge is 0.224 e. The third-order valence-electron chi connectivity index (χ3n) is 5.15. The molecule has 0 bridgehead atoms. The van der Waals surface area contributed by atoms with Gasteiger partial charge in [-0.3, -0.25) is 9.48 Å². The number of rotatable bonds is 7. The van der Waals surface area contributed by atoms with Gasteiger partial charge in [-0.1, -0.05) is 30.1 Å². The first-order chi connectivity index (χ1) is 14.2. The van der Waals surface area contributed by atoms with Crippen LogP contribution in [0.5, 0.6) is 0 Å². The quantitative estimate of drug-likeness (QED) is 0.575. The van der Waals surface area contributed by atoms with E-state index in [4.69, 9.17) is 23.2 Å². The molecule has 1 atom stereocenters. The number of carbonyl (C=O) groups is 1. The highest BCUT2D eigenvalue weighted by Crippen LogP contribution is 2.27. The molecular weight excluding hydrogens is 421 g/mol. The Labute approximate surface area is 187 Å². The van der Waals surface area contributed by atoms with Crippen LogP contribution in [-0.2, 0) is 17.8 Å². The molecule has 0 aliphatic carbocycles. The summed E-state index contributed by atoms with van der Waals surface area (Å²) in [5.41, 5.74) is 5.49.